The first-order valence-corrected chi connectivity index (χ1v) is 7.89. The minimum absolute atomic E-state index is 0.245. The highest BCUT2D eigenvalue weighted by molar-refractivity contribution is 5.69. The molecular formula is C16H30N2O4. The molecule has 0 aliphatic carbocycles. The van der Waals surface area contributed by atoms with E-state index in [2.05, 4.69) is 6.58 Å². The van der Waals surface area contributed by atoms with Gasteiger partial charge >= 0.3 is 6.09 Å². The molecule has 1 rings (SSSR count). The second-order valence-corrected chi connectivity index (χ2v) is 6.62. The highest BCUT2D eigenvalue weighted by Gasteiger charge is 2.33. The standard InChI is InChI=1S/C16H30N2O4/c1-6-10-21-14(19)17(7-2)9-8-13-11-18(12-13)15(20)22-16(3,4)5/h6,13-14,19H,1,7-12H2,2-5H3. The van der Waals surface area contributed by atoms with Crippen LogP contribution in [0, 0.1) is 5.92 Å². The predicted molar refractivity (Wildman–Crippen MR) is 85.3 cm³/mol. The third-order valence-corrected chi connectivity index (χ3v) is 3.52. The van der Waals surface area contributed by atoms with Crippen LogP contribution in [0.2, 0.25) is 0 Å². The van der Waals surface area contributed by atoms with Crippen molar-refractivity contribution in [2.75, 3.05) is 32.8 Å². The second-order valence-electron chi connectivity index (χ2n) is 6.62. The molecular weight excluding hydrogens is 284 g/mol. The maximum Gasteiger partial charge on any atom is 0.410 e. The largest absolute Gasteiger partial charge is 0.444 e. The molecule has 0 saturated carbocycles. The Kier molecular flexibility index (Phi) is 7.32. The molecule has 1 atom stereocenters. The lowest BCUT2D eigenvalue weighted by Gasteiger charge is -2.40. The van der Waals surface area contributed by atoms with Crippen LogP contribution in [0.1, 0.15) is 34.1 Å². The monoisotopic (exact) mass is 314 g/mol. The molecule has 0 aromatic carbocycles. The number of amides is 1. The summed E-state index contributed by atoms with van der Waals surface area (Å²) in [6.07, 6.45) is 1.39. The van der Waals surface area contributed by atoms with Crippen molar-refractivity contribution in [3.63, 3.8) is 0 Å². The van der Waals surface area contributed by atoms with E-state index in [4.69, 9.17) is 9.47 Å². The van der Waals surface area contributed by atoms with Crippen molar-refractivity contribution in [3.8, 4) is 0 Å². The SMILES string of the molecule is C=CCOC(O)N(CC)CCC1CN(C(=O)OC(C)(C)C)C1. The van der Waals surface area contributed by atoms with Gasteiger partial charge < -0.3 is 19.5 Å². The van der Waals surface area contributed by atoms with Gasteiger partial charge in [-0.2, -0.15) is 0 Å². The van der Waals surface area contributed by atoms with E-state index in [0.717, 1.165) is 26.1 Å². The summed E-state index contributed by atoms with van der Waals surface area (Å²) < 4.78 is 10.5. The Hall–Kier alpha value is -1.11. The lowest BCUT2D eigenvalue weighted by Crippen LogP contribution is -2.52. The van der Waals surface area contributed by atoms with Crippen LogP contribution in [0.15, 0.2) is 12.7 Å². The molecule has 1 fully saturated rings. The Balaban J connectivity index is 2.24. The maximum absolute atomic E-state index is 11.8. The van der Waals surface area contributed by atoms with Crippen molar-refractivity contribution in [3.05, 3.63) is 12.7 Å². The van der Waals surface area contributed by atoms with Gasteiger partial charge in [0.05, 0.1) is 6.61 Å². The van der Waals surface area contributed by atoms with Crippen molar-refractivity contribution >= 4 is 6.09 Å². The second kappa shape index (κ2) is 8.50. The first-order valence-electron chi connectivity index (χ1n) is 7.89. The number of aliphatic hydroxyl groups excluding tert-OH is 1. The average Bonchev–Trinajstić information content (AvgIpc) is 2.36. The molecule has 22 heavy (non-hydrogen) atoms. The molecule has 1 unspecified atom stereocenters. The van der Waals surface area contributed by atoms with Gasteiger partial charge in [-0.25, -0.2) is 4.79 Å². The highest BCUT2D eigenvalue weighted by atomic mass is 16.6. The molecule has 0 aromatic rings. The van der Waals surface area contributed by atoms with Crippen LogP contribution in [0.4, 0.5) is 4.79 Å². The summed E-state index contributed by atoms with van der Waals surface area (Å²) in [6, 6.07) is 0. The van der Waals surface area contributed by atoms with E-state index in [1.54, 1.807) is 11.0 Å². The number of carbonyl (C=O) groups excluding carboxylic acids is 1. The van der Waals surface area contributed by atoms with Gasteiger partial charge in [-0.15, -0.1) is 6.58 Å². The van der Waals surface area contributed by atoms with Crippen LogP contribution in [0.25, 0.3) is 0 Å². The quantitative estimate of drug-likeness (QED) is 0.549. The number of hydrogen-bond acceptors (Lipinski definition) is 5. The summed E-state index contributed by atoms with van der Waals surface area (Å²) in [6.45, 7) is 14.4. The van der Waals surface area contributed by atoms with E-state index < -0.39 is 12.0 Å². The van der Waals surface area contributed by atoms with Crippen molar-refractivity contribution < 1.29 is 19.4 Å². The summed E-state index contributed by atoms with van der Waals surface area (Å²) in [4.78, 5) is 15.4. The molecule has 0 bridgehead atoms. The Labute approximate surface area is 133 Å². The van der Waals surface area contributed by atoms with Gasteiger partial charge in [0, 0.05) is 19.6 Å². The van der Waals surface area contributed by atoms with Gasteiger partial charge in [-0.1, -0.05) is 13.0 Å². The van der Waals surface area contributed by atoms with E-state index in [1.165, 1.54) is 0 Å². The number of likely N-dealkylation sites (tertiary alicyclic amines) is 1. The molecule has 6 heteroatoms. The van der Waals surface area contributed by atoms with Crippen molar-refractivity contribution in [2.45, 2.75) is 46.1 Å². The number of hydrogen-bond donors (Lipinski definition) is 1. The Morgan fingerprint density at radius 3 is 2.64 bits per heavy atom. The first-order chi connectivity index (χ1) is 10.3. The summed E-state index contributed by atoms with van der Waals surface area (Å²) in [5.74, 6) is 0.452. The van der Waals surface area contributed by atoms with Crippen LogP contribution in [-0.4, -0.2) is 65.8 Å². The van der Waals surface area contributed by atoms with Gasteiger partial charge in [0.1, 0.15) is 5.60 Å². The van der Waals surface area contributed by atoms with Crippen LogP contribution in [0.5, 0.6) is 0 Å². The number of nitrogens with zero attached hydrogens (tertiary/aromatic N) is 2. The van der Waals surface area contributed by atoms with Crippen molar-refractivity contribution in [1.82, 2.24) is 9.80 Å². The summed E-state index contributed by atoms with van der Waals surface area (Å²) in [5, 5.41) is 9.88. The molecule has 1 amide bonds. The van der Waals surface area contributed by atoms with E-state index in [1.807, 2.05) is 32.6 Å². The molecule has 0 radical (unpaired) electrons. The zero-order chi connectivity index (χ0) is 16.8. The third-order valence-electron chi connectivity index (χ3n) is 3.52. The minimum atomic E-state index is -0.898. The van der Waals surface area contributed by atoms with Gasteiger partial charge in [0.2, 0.25) is 6.41 Å². The average molecular weight is 314 g/mol. The molecule has 128 valence electrons. The molecule has 1 aliphatic heterocycles. The number of ether oxygens (including phenoxy) is 2. The van der Waals surface area contributed by atoms with E-state index in [-0.39, 0.29) is 6.09 Å². The smallest absolute Gasteiger partial charge is 0.410 e. The van der Waals surface area contributed by atoms with Gasteiger partial charge in [0.15, 0.2) is 0 Å². The fraction of sp³-hybridized carbons (Fsp3) is 0.812. The van der Waals surface area contributed by atoms with E-state index >= 15 is 0 Å². The van der Waals surface area contributed by atoms with Crippen LogP contribution in [0.3, 0.4) is 0 Å². The van der Waals surface area contributed by atoms with E-state index in [9.17, 15) is 9.90 Å². The van der Waals surface area contributed by atoms with Crippen molar-refractivity contribution in [2.24, 2.45) is 5.92 Å². The normalized spacial score (nSPS) is 17.3. The Morgan fingerprint density at radius 2 is 2.14 bits per heavy atom. The third kappa shape index (κ3) is 6.34. The zero-order valence-corrected chi connectivity index (χ0v) is 14.2. The van der Waals surface area contributed by atoms with Gasteiger partial charge in [0.25, 0.3) is 0 Å². The van der Waals surface area contributed by atoms with Gasteiger partial charge in [-0.3, -0.25) is 4.90 Å². The Bertz CT molecular complexity index is 362. The lowest BCUT2D eigenvalue weighted by molar-refractivity contribution is -0.186. The fourth-order valence-corrected chi connectivity index (χ4v) is 2.26. The highest BCUT2D eigenvalue weighted by Crippen LogP contribution is 2.22. The topological polar surface area (TPSA) is 62.2 Å². The summed E-state index contributed by atoms with van der Waals surface area (Å²) in [5.41, 5.74) is -0.451. The molecule has 1 aliphatic rings. The minimum Gasteiger partial charge on any atom is -0.444 e. The summed E-state index contributed by atoms with van der Waals surface area (Å²) in [7, 11) is 0. The first kappa shape index (κ1) is 18.9. The zero-order valence-electron chi connectivity index (χ0n) is 14.2. The Morgan fingerprint density at radius 1 is 1.50 bits per heavy atom. The maximum atomic E-state index is 11.8. The molecule has 1 saturated heterocycles. The molecule has 0 spiro atoms. The van der Waals surface area contributed by atoms with Crippen molar-refractivity contribution in [1.29, 1.82) is 0 Å². The molecule has 0 aromatic heterocycles. The molecule has 1 heterocycles. The van der Waals surface area contributed by atoms with Crippen LogP contribution >= 0.6 is 0 Å². The van der Waals surface area contributed by atoms with Crippen LogP contribution < -0.4 is 0 Å². The summed E-state index contributed by atoms with van der Waals surface area (Å²) >= 11 is 0. The fourth-order valence-electron chi connectivity index (χ4n) is 2.26. The molecule has 6 nitrogen and oxygen atoms in total. The predicted octanol–water partition coefficient (Wildman–Crippen LogP) is 2.04. The molecule has 1 N–H and O–H groups in total. The number of carbonyl (C=O) groups is 1. The number of rotatable bonds is 8. The van der Waals surface area contributed by atoms with Crippen LogP contribution in [-0.2, 0) is 9.47 Å². The van der Waals surface area contributed by atoms with E-state index in [0.29, 0.717) is 19.1 Å². The number of aliphatic hydroxyl groups is 1. The lowest BCUT2D eigenvalue weighted by atomic mass is 9.97. The van der Waals surface area contributed by atoms with Gasteiger partial charge in [-0.05, 0) is 39.7 Å².